The Labute approximate surface area is 127 Å². The number of halogens is 3. The number of rotatable bonds is 2. The van der Waals surface area contributed by atoms with Crippen LogP contribution in [-0.4, -0.2) is 15.2 Å². The van der Waals surface area contributed by atoms with Gasteiger partial charge >= 0.3 is 0 Å². The van der Waals surface area contributed by atoms with Crippen LogP contribution in [0, 0.1) is 5.82 Å². The number of hydrogen-bond acceptors (Lipinski definition) is 2. The van der Waals surface area contributed by atoms with Gasteiger partial charge in [0.05, 0.1) is 5.02 Å². The Hall–Kier alpha value is -1.72. The smallest absolute Gasteiger partial charge is 0.141 e. The molecule has 1 aromatic carbocycles. The maximum absolute atomic E-state index is 13.3. The fraction of sp³-hybridized carbons (Fsp3) is 0. The van der Waals surface area contributed by atoms with Gasteiger partial charge in [-0.25, -0.2) is 4.39 Å². The summed E-state index contributed by atoms with van der Waals surface area (Å²) in [4.78, 5) is 4.00. The number of pyridine rings is 1. The number of H-pyrrole nitrogens is 1. The molecule has 3 rings (SSSR count). The Morgan fingerprint density at radius 2 is 1.85 bits per heavy atom. The van der Waals surface area contributed by atoms with E-state index in [-0.39, 0.29) is 5.02 Å². The average Bonchev–Trinajstić information content (AvgIpc) is 2.85. The summed E-state index contributed by atoms with van der Waals surface area (Å²) in [6.45, 7) is 0. The first-order valence-corrected chi connectivity index (χ1v) is 6.93. The molecule has 20 heavy (non-hydrogen) atoms. The summed E-state index contributed by atoms with van der Waals surface area (Å²) in [5.41, 5.74) is 3.28. The summed E-state index contributed by atoms with van der Waals surface area (Å²) < 4.78 is 14.0. The van der Waals surface area contributed by atoms with Crippen LogP contribution in [0.2, 0.25) is 5.02 Å². The van der Waals surface area contributed by atoms with Gasteiger partial charge in [-0.05, 0) is 51.8 Å². The van der Waals surface area contributed by atoms with Crippen LogP contribution in [0.4, 0.5) is 4.39 Å². The number of hydrogen-bond donors (Lipinski definition) is 1. The summed E-state index contributed by atoms with van der Waals surface area (Å²) in [7, 11) is 0. The van der Waals surface area contributed by atoms with E-state index in [1.165, 1.54) is 6.07 Å². The Balaban J connectivity index is 2.18. The highest BCUT2D eigenvalue weighted by molar-refractivity contribution is 9.10. The Bertz CT molecular complexity index is 758. The third kappa shape index (κ3) is 2.34. The second-order valence-corrected chi connectivity index (χ2v) is 5.33. The van der Waals surface area contributed by atoms with Crippen LogP contribution in [0.15, 0.2) is 47.3 Å². The zero-order valence-corrected chi connectivity index (χ0v) is 12.4. The lowest BCUT2D eigenvalue weighted by atomic mass is 10.0. The lowest BCUT2D eigenvalue weighted by Gasteiger charge is -2.04. The fourth-order valence-electron chi connectivity index (χ4n) is 1.96. The van der Waals surface area contributed by atoms with Gasteiger partial charge in [0.2, 0.25) is 0 Å². The van der Waals surface area contributed by atoms with Gasteiger partial charge in [-0.15, -0.1) is 0 Å². The maximum Gasteiger partial charge on any atom is 0.141 e. The van der Waals surface area contributed by atoms with Gasteiger partial charge in [0.1, 0.15) is 16.1 Å². The van der Waals surface area contributed by atoms with E-state index in [0.29, 0.717) is 5.69 Å². The number of aromatic nitrogens is 3. The second kappa shape index (κ2) is 5.34. The molecule has 1 N–H and O–H groups in total. The van der Waals surface area contributed by atoms with Crippen molar-refractivity contribution in [3.05, 3.63) is 58.2 Å². The molecule has 100 valence electrons. The molecule has 2 aromatic heterocycles. The molecule has 0 atom stereocenters. The highest BCUT2D eigenvalue weighted by atomic mass is 79.9. The molecule has 3 nitrogen and oxygen atoms in total. The topological polar surface area (TPSA) is 41.6 Å². The number of benzene rings is 1. The lowest BCUT2D eigenvalue weighted by Crippen LogP contribution is -1.85. The fourth-order valence-corrected chi connectivity index (χ4v) is 2.64. The van der Waals surface area contributed by atoms with E-state index in [1.54, 1.807) is 24.5 Å². The van der Waals surface area contributed by atoms with Crippen molar-refractivity contribution < 1.29 is 4.39 Å². The van der Waals surface area contributed by atoms with Gasteiger partial charge < -0.3 is 0 Å². The van der Waals surface area contributed by atoms with E-state index in [2.05, 4.69) is 31.1 Å². The summed E-state index contributed by atoms with van der Waals surface area (Å²) in [5, 5.41) is 7.21. The van der Waals surface area contributed by atoms with E-state index in [0.717, 1.165) is 21.3 Å². The monoisotopic (exact) mass is 351 g/mol. The summed E-state index contributed by atoms with van der Waals surface area (Å²) in [6.07, 6.45) is 3.41. The van der Waals surface area contributed by atoms with E-state index >= 15 is 0 Å². The van der Waals surface area contributed by atoms with Gasteiger partial charge in [-0.3, -0.25) is 10.1 Å². The number of nitrogens with zero attached hydrogens (tertiary/aromatic N) is 2. The predicted molar refractivity (Wildman–Crippen MR) is 79.9 cm³/mol. The van der Waals surface area contributed by atoms with Crippen molar-refractivity contribution in [3.8, 4) is 22.4 Å². The van der Waals surface area contributed by atoms with Crippen molar-refractivity contribution in [1.29, 1.82) is 0 Å². The SMILES string of the molecule is Fc1ccc(-c2n[nH]c(Br)c2-c2ccncc2)cc1Cl. The zero-order chi connectivity index (χ0) is 14.1. The van der Waals surface area contributed by atoms with Gasteiger partial charge in [0.15, 0.2) is 0 Å². The zero-order valence-electron chi connectivity index (χ0n) is 10.1. The third-order valence-electron chi connectivity index (χ3n) is 2.88. The standard InChI is InChI=1S/C14H8BrClFN3/c15-14-12(8-3-5-18-6-4-8)13(19-20-14)9-1-2-11(17)10(16)7-9/h1-7H,(H,19,20). The van der Waals surface area contributed by atoms with Crippen LogP contribution in [0.25, 0.3) is 22.4 Å². The van der Waals surface area contributed by atoms with E-state index < -0.39 is 5.82 Å². The highest BCUT2D eigenvalue weighted by Gasteiger charge is 2.16. The third-order valence-corrected chi connectivity index (χ3v) is 3.75. The largest absolute Gasteiger partial charge is 0.270 e. The molecule has 2 heterocycles. The molecular weight excluding hydrogens is 345 g/mol. The van der Waals surface area contributed by atoms with E-state index in [1.807, 2.05) is 12.1 Å². The molecule has 0 radical (unpaired) electrons. The molecule has 0 spiro atoms. The first kappa shape index (κ1) is 13.3. The first-order chi connectivity index (χ1) is 9.66. The van der Waals surface area contributed by atoms with Crippen molar-refractivity contribution >= 4 is 27.5 Å². The molecule has 0 bridgehead atoms. The van der Waals surface area contributed by atoms with Crippen molar-refractivity contribution in [3.63, 3.8) is 0 Å². The van der Waals surface area contributed by atoms with Crippen LogP contribution in [-0.2, 0) is 0 Å². The van der Waals surface area contributed by atoms with Crippen molar-refractivity contribution in [2.24, 2.45) is 0 Å². The van der Waals surface area contributed by atoms with Crippen LogP contribution in [0.1, 0.15) is 0 Å². The minimum Gasteiger partial charge on any atom is -0.270 e. The van der Waals surface area contributed by atoms with Crippen LogP contribution < -0.4 is 0 Å². The highest BCUT2D eigenvalue weighted by Crippen LogP contribution is 2.36. The van der Waals surface area contributed by atoms with Crippen molar-refractivity contribution in [2.75, 3.05) is 0 Å². The van der Waals surface area contributed by atoms with Gasteiger partial charge in [-0.2, -0.15) is 5.10 Å². The minimum absolute atomic E-state index is 0.0716. The normalized spacial score (nSPS) is 10.8. The predicted octanol–water partition coefficient (Wildman–Crippen LogP) is 4.69. The van der Waals surface area contributed by atoms with Gasteiger partial charge in [0, 0.05) is 23.5 Å². The molecule has 0 aliphatic rings. The molecule has 0 fully saturated rings. The second-order valence-electron chi connectivity index (χ2n) is 4.13. The average molecular weight is 353 g/mol. The van der Waals surface area contributed by atoms with Crippen molar-refractivity contribution in [2.45, 2.75) is 0 Å². The Kier molecular flexibility index (Phi) is 3.54. The lowest BCUT2D eigenvalue weighted by molar-refractivity contribution is 0.628. The number of nitrogens with one attached hydrogen (secondary N) is 1. The molecule has 0 unspecified atom stereocenters. The van der Waals surface area contributed by atoms with Crippen molar-refractivity contribution in [1.82, 2.24) is 15.2 Å². The van der Waals surface area contributed by atoms with Gasteiger partial charge in [-0.1, -0.05) is 11.6 Å². The van der Waals surface area contributed by atoms with Crippen LogP contribution in [0.5, 0.6) is 0 Å². The number of aromatic amines is 1. The molecular formula is C14H8BrClFN3. The summed E-state index contributed by atoms with van der Waals surface area (Å²) in [5.74, 6) is -0.449. The molecule has 6 heteroatoms. The molecule has 3 aromatic rings. The molecule has 0 saturated heterocycles. The molecule has 0 aliphatic heterocycles. The summed E-state index contributed by atoms with van der Waals surface area (Å²) >= 11 is 9.27. The summed E-state index contributed by atoms with van der Waals surface area (Å²) in [6, 6.07) is 8.30. The van der Waals surface area contributed by atoms with E-state index in [4.69, 9.17) is 11.6 Å². The van der Waals surface area contributed by atoms with E-state index in [9.17, 15) is 4.39 Å². The van der Waals surface area contributed by atoms with Crippen LogP contribution in [0.3, 0.4) is 0 Å². The molecule has 0 aliphatic carbocycles. The maximum atomic E-state index is 13.3. The van der Waals surface area contributed by atoms with Crippen LogP contribution >= 0.6 is 27.5 Å². The quantitative estimate of drug-likeness (QED) is 0.726. The minimum atomic E-state index is -0.449. The Morgan fingerprint density at radius 3 is 2.55 bits per heavy atom. The molecule has 0 amide bonds. The Morgan fingerprint density at radius 1 is 1.10 bits per heavy atom. The first-order valence-electron chi connectivity index (χ1n) is 5.76. The van der Waals surface area contributed by atoms with Gasteiger partial charge in [0.25, 0.3) is 0 Å². The molecule has 0 saturated carbocycles.